The molecule has 0 unspecified atom stereocenters. The van der Waals surface area contributed by atoms with E-state index in [0.29, 0.717) is 33.5 Å². The van der Waals surface area contributed by atoms with Crippen LogP contribution in [-0.4, -0.2) is 12.7 Å². The van der Waals surface area contributed by atoms with Gasteiger partial charge in [0, 0.05) is 11.3 Å². The minimum absolute atomic E-state index is 0.175. The van der Waals surface area contributed by atoms with Gasteiger partial charge in [0.25, 0.3) is 5.91 Å². The third-order valence-corrected chi connectivity index (χ3v) is 3.23. The zero-order chi connectivity index (χ0) is 14.1. The quantitative estimate of drug-likeness (QED) is 0.834. The van der Waals surface area contributed by atoms with Crippen LogP contribution in [0.15, 0.2) is 36.4 Å². The summed E-state index contributed by atoms with van der Waals surface area (Å²) in [5, 5.41) is 3.19. The average molecular weight is 291 g/mol. The number of hydrogen-bond acceptors (Lipinski definition) is 4. The van der Waals surface area contributed by atoms with Crippen LogP contribution in [0, 0.1) is 0 Å². The number of amides is 1. The zero-order valence-electron chi connectivity index (χ0n) is 10.4. The fraction of sp³-hybridized carbons (Fsp3) is 0.0714. The number of benzene rings is 2. The van der Waals surface area contributed by atoms with Crippen molar-refractivity contribution in [1.29, 1.82) is 0 Å². The van der Waals surface area contributed by atoms with Gasteiger partial charge < -0.3 is 20.5 Å². The molecule has 0 saturated carbocycles. The van der Waals surface area contributed by atoms with Gasteiger partial charge in [-0.2, -0.15) is 0 Å². The normalized spacial score (nSPS) is 12.2. The molecule has 6 heteroatoms. The third-order valence-electron chi connectivity index (χ3n) is 2.89. The Kier molecular flexibility index (Phi) is 3.12. The average Bonchev–Trinajstić information content (AvgIpc) is 2.90. The van der Waals surface area contributed by atoms with Crippen LogP contribution >= 0.6 is 11.6 Å². The van der Waals surface area contributed by atoms with Crippen molar-refractivity contribution in [3.8, 4) is 11.5 Å². The Labute approximate surface area is 120 Å². The predicted octanol–water partition coefficient (Wildman–Crippen LogP) is 2.90. The summed E-state index contributed by atoms with van der Waals surface area (Å²) in [5.41, 5.74) is 7.15. The van der Waals surface area contributed by atoms with Crippen molar-refractivity contribution in [1.82, 2.24) is 0 Å². The monoisotopic (exact) mass is 290 g/mol. The SMILES string of the molecule is Nc1cc(NC(=O)c2ccc3c(c2)OCO3)ccc1Cl. The number of nitrogens with two attached hydrogens (primary N) is 1. The van der Waals surface area contributed by atoms with E-state index in [2.05, 4.69) is 5.32 Å². The van der Waals surface area contributed by atoms with E-state index < -0.39 is 0 Å². The van der Waals surface area contributed by atoms with Gasteiger partial charge in [-0.3, -0.25) is 4.79 Å². The zero-order valence-corrected chi connectivity index (χ0v) is 11.1. The van der Waals surface area contributed by atoms with Crippen molar-refractivity contribution in [2.75, 3.05) is 17.8 Å². The van der Waals surface area contributed by atoms with E-state index in [0.717, 1.165) is 0 Å². The van der Waals surface area contributed by atoms with Gasteiger partial charge >= 0.3 is 0 Å². The van der Waals surface area contributed by atoms with Gasteiger partial charge in [-0.15, -0.1) is 0 Å². The smallest absolute Gasteiger partial charge is 0.255 e. The second-order valence-electron chi connectivity index (χ2n) is 4.26. The lowest BCUT2D eigenvalue weighted by Crippen LogP contribution is -2.11. The van der Waals surface area contributed by atoms with E-state index in [-0.39, 0.29) is 12.7 Å². The largest absolute Gasteiger partial charge is 0.454 e. The topological polar surface area (TPSA) is 73.6 Å². The second-order valence-corrected chi connectivity index (χ2v) is 4.67. The molecule has 1 aliphatic rings. The Morgan fingerprint density at radius 1 is 1.15 bits per heavy atom. The molecule has 3 N–H and O–H groups in total. The molecule has 0 spiro atoms. The molecule has 0 radical (unpaired) electrons. The van der Waals surface area contributed by atoms with Crippen LogP contribution < -0.4 is 20.5 Å². The highest BCUT2D eigenvalue weighted by molar-refractivity contribution is 6.33. The summed E-state index contributed by atoms with van der Waals surface area (Å²) in [6.07, 6.45) is 0. The number of ether oxygens (including phenoxy) is 2. The van der Waals surface area contributed by atoms with E-state index >= 15 is 0 Å². The summed E-state index contributed by atoms with van der Waals surface area (Å²) >= 11 is 5.83. The van der Waals surface area contributed by atoms with Crippen LogP contribution in [0.4, 0.5) is 11.4 Å². The molecule has 3 rings (SSSR count). The number of anilines is 2. The lowest BCUT2D eigenvalue weighted by molar-refractivity contribution is 0.102. The minimum atomic E-state index is -0.259. The number of rotatable bonds is 2. The molecular weight excluding hydrogens is 280 g/mol. The van der Waals surface area contributed by atoms with Crippen LogP contribution in [0.1, 0.15) is 10.4 Å². The Balaban J connectivity index is 1.80. The van der Waals surface area contributed by atoms with Gasteiger partial charge in [0.05, 0.1) is 10.7 Å². The molecule has 20 heavy (non-hydrogen) atoms. The van der Waals surface area contributed by atoms with Gasteiger partial charge in [0.1, 0.15) is 0 Å². The Bertz CT molecular complexity index is 688. The summed E-state index contributed by atoms with van der Waals surface area (Å²) in [5.74, 6) is 0.940. The van der Waals surface area contributed by atoms with Crippen LogP contribution in [0.5, 0.6) is 11.5 Å². The maximum absolute atomic E-state index is 12.1. The Morgan fingerprint density at radius 3 is 2.75 bits per heavy atom. The molecule has 0 fully saturated rings. The molecule has 1 heterocycles. The first-order valence-electron chi connectivity index (χ1n) is 5.89. The highest BCUT2D eigenvalue weighted by Gasteiger charge is 2.16. The van der Waals surface area contributed by atoms with Gasteiger partial charge in [0.15, 0.2) is 11.5 Å². The van der Waals surface area contributed by atoms with Crippen molar-refractivity contribution >= 4 is 28.9 Å². The molecule has 1 amide bonds. The van der Waals surface area contributed by atoms with Crippen molar-refractivity contribution in [2.45, 2.75) is 0 Å². The van der Waals surface area contributed by atoms with Gasteiger partial charge in [-0.05, 0) is 36.4 Å². The summed E-state index contributed by atoms with van der Waals surface area (Å²) in [4.78, 5) is 12.1. The molecule has 0 aliphatic carbocycles. The second kappa shape index (κ2) is 4.94. The summed E-state index contributed by atoms with van der Waals surface area (Å²) < 4.78 is 10.4. The van der Waals surface area contributed by atoms with Crippen LogP contribution in [0.3, 0.4) is 0 Å². The van der Waals surface area contributed by atoms with E-state index in [4.69, 9.17) is 26.8 Å². The van der Waals surface area contributed by atoms with E-state index in [9.17, 15) is 4.79 Å². The molecule has 0 saturated heterocycles. The van der Waals surface area contributed by atoms with Crippen molar-refractivity contribution in [3.63, 3.8) is 0 Å². The first kappa shape index (κ1) is 12.6. The predicted molar refractivity (Wildman–Crippen MR) is 76.4 cm³/mol. The van der Waals surface area contributed by atoms with E-state index in [1.165, 1.54) is 0 Å². The standard InChI is InChI=1S/C14H11ClN2O3/c15-10-3-2-9(6-11(10)16)17-14(18)8-1-4-12-13(5-8)20-7-19-12/h1-6H,7,16H2,(H,17,18). The minimum Gasteiger partial charge on any atom is -0.454 e. The van der Waals surface area contributed by atoms with E-state index in [1.54, 1.807) is 36.4 Å². The Morgan fingerprint density at radius 2 is 1.95 bits per heavy atom. The number of fused-ring (bicyclic) bond motifs is 1. The number of carbonyl (C=O) groups excluding carboxylic acids is 1. The fourth-order valence-electron chi connectivity index (χ4n) is 1.86. The number of nitrogen functional groups attached to an aromatic ring is 1. The van der Waals surface area contributed by atoms with Crippen molar-refractivity contribution in [2.24, 2.45) is 0 Å². The third kappa shape index (κ3) is 2.35. The molecule has 0 aromatic heterocycles. The van der Waals surface area contributed by atoms with Gasteiger partial charge in [0.2, 0.25) is 6.79 Å². The molecular formula is C14H11ClN2O3. The summed E-state index contributed by atoms with van der Waals surface area (Å²) in [6, 6.07) is 9.93. The first-order chi connectivity index (χ1) is 9.63. The first-order valence-corrected chi connectivity index (χ1v) is 6.27. The molecule has 0 atom stereocenters. The van der Waals surface area contributed by atoms with Crippen LogP contribution in [0.25, 0.3) is 0 Å². The maximum Gasteiger partial charge on any atom is 0.255 e. The number of nitrogens with one attached hydrogen (secondary N) is 1. The van der Waals surface area contributed by atoms with Crippen LogP contribution in [0.2, 0.25) is 5.02 Å². The summed E-state index contributed by atoms with van der Waals surface area (Å²) in [6.45, 7) is 0.175. The van der Waals surface area contributed by atoms with Crippen LogP contribution in [-0.2, 0) is 0 Å². The fourth-order valence-corrected chi connectivity index (χ4v) is 1.98. The van der Waals surface area contributed by atoms with E-state index in [1.807, 2.05) is 0 Å². The van der Waals surface area contributed by atoms with Gasteiger partial charge in [-0.25, -0.2) is 0 Å². The van der Waals surface area contributed by atoms with Crippen molar-refractivity contribution in [3.05, 3.63) is 47.0 Å². The molecule has 2 aromatic carbocycles. The number of hydrogen-bond donors (Lipinski definition) is 2. The Hall–Kier alpha value is -2.40. The highest BCUT2D eigenvalue weighted by atomic mass is 35.5. The number of halogens is 1. The lowest BCUT2D eigenvalue weighted by Gasteiger charge is -2.07. The molecule has 102 valence electrons. The molecule has 0 bridgehead atoms. The molecule has 2 aromatic rings. The van der Waals surface area contributed by atoms with Crippen molar-refractivity contribution < 1.29 is 14.3 Å². The lowest BCUT2D eigenvalue weighted by atomic mass is 10.2. The molecule has 5 nitrogen and oxygen atoms in total. The molecule has 1 aliphatic heterocycles. The van der Waals surface area contributed by atoms with Gasteiger partial charge in [-0.1, -0.05) is 11.6 Å². The maximum atomic E-state index is 12.1. The summed E-state index contributed by atoms with van der Waals surface area (Å²) in [7, 11) is 0. The highest BCUT2D eigenvalue weighted by Crippen LogP contribution is 2.32. The number of carbonyl (C=O) groups is 1.